The molecule has 7 heteroatoms. The number of carbonyl (C=O) groups excluding carboxylic acids is 2. The molecule has 1 aliphatic heterocycles. The van der Waals surface area contributed by atoms with Gasteiger partial charge in [0.1, 0.15) is 5.69 Å². The van der Waals surface area contributed by atoms with Crippen molar-refractivity contribution in [2.45, 2.75) is 19.0 Å². The first kappa shape index (κ1) is 16.2. The lowest BCUT2D eigenvalue weighted by molar-refractivity contribution is 0.0921. The summed E-state index contributed by atoms with van der Waals surface area (Å²) in [6.45, 7) is 1.49. The molecule has 0 fully saturated rings. The van der Waals surface area contributed by atoms with Gasteiger partial charge >= 0.3 is 0 Å². The van der Waals surface area contributed by atoms with Gasteiger partial charge in [-0.15, -0.1) is 0 Å². The minimum absolute atomic E-state index is 0.00851. The second kappa shape index (κ2) is 7.27. The van der Waals surface area contributed by atoms with Gasteiger partial charge < -0.3 is 15.4 Å². The predicted octanol–water partition coefficient (Wildman–Crippen LogP) is 0.614. The van der Waals surface area contributed by atoms with E-state index < -0.39 is 0 Å². The van der Waals surface area contributed by atoms with E-state index in [0.717, 1.165) is 5.69 Å². The van der Waals surface area contributed by atoms with Crippen LogP contribution in [0.25, 0.3) is 0 Å². The summed E-state index contributed by atoms with van der Waals surface area (Å²) >= 11 is 0. The molecule has 3 rings (SSSR count). The largest absolute Gasteiger partial charge is 0.383 e. The number of nitrogens with one attached hydrogen (secondary N) is 2. The van der Waals surface area contributed by atoms with Crippen LogP contribution in [0.1, 0.15) is 26.5 Å². The van der Waals surface area contributed by atoms with Crippen molar-refractivity contribution in [1.29, 1.82) is 0 Å². The van der Waals surface area contributed by atoms with Crippen LogP contribution >= 0.6 is 0 Å². The van der Waals surface area contributed by atoms with E-state index in [2.05, 4.69) is 15.7 Å². The number of carbonyl (C=O) groups is 2. The summed E-state index contributed by atoms with van der Waals surface area (Å²) in [4.78, 5) is 24.1. The first-order valence-corrected chi connectivity index (χ1v) is 7.87. The summed E-state index contributed by atoms with van der Waals surface area (Å²) in [5.41, 5.74) is 1.99. The number of fused-ring (bicyclic) bond motifs is 1. The second-order valence-corrected chi connectivity index (χ2v) is 5.69. The first-order chi connectivity index (χ1) is 11.7. The van der Waals surface area contributed by atoms with Crippen LogP contribution in [-0.4, -0.2) is 47.9 Å². The Hall–Kier alpha value is -2.67. The lowest BCUT2D eigenvalue weighted by Crippen LogP contribution is -2.36. The zero-order chi connectivity index (χ0) is 16.9. The smallest absolute Gasteiger partial charge is 0.271 e. The lowest BCUT2D eigenvalue weighted by atomic mass is 10.1. The molecule has 0 spiro atoms. The van der Waals surface area contributed by atoms with Crippen molar-refractivity contribution >= 4 is 11.8 Å². The van der Waals surface area contributed by atoms with Gasteiger partial charge in [-0.3, -0.25) is 14.3 Å². The lowest BCUT2D eigenvalue weighted by Gasteiger charge is -2.11. The van der Waals surface area contributed by atoms with Gasteiger partial charge in [-0.2, -0.15) is 5.10 Å². The molecule has 2 heterocycles. The number of hydrogen-bond donors (Lipinski definition) is 2. The van der Waals surface area contributed by atoms with Crippen molar-refractivity contribution in [3.05, 3.63) is 53.3 Å². The standard InChI is InChI=1S/C17H20N4O3/c1-24-8-7-18-17(23)15-10-14-9-13(11-21(14)20-15)19-16(22)12-5-3-2-4-6-12/h2-6,10,13H,7-9,11H2,1H3,(H,18,23)(H,19,22). The molecule has 7 nitrogen and oxygen atoms in total. The van der Waals surface area contributed by atoms with Gasteiger partial charge in [-0.25, -0.2) is 0 Å². The molecule has 0 saturated heterocycles. The topological polar surface area (TPSA) is 85.2 Å². The van der Waals surface area contributed by atoms with E-state index >= 15 is 0 Å². The fourth-order valence-corrected chi connectivity index (χ4v) is 2.73. The zero-order valence-corrected chi connectivity index (χ0v) is 13.5. The summed E-state index contributed by atoms with van der Waals surface area (Å²) < 4.78 is 6.68. The molecule has 1 aromatic carbocycles. The normalized spacial score (nSPS) is 15.8. The molecule has 0 radical (unpaired) electrons. The number of rotatable bonds is 6. The van der Waals surface area contributed by atoms with E-state index in [4.69, 9.17) is 4.74 Å². The fourth-order valence-electron chi connectivity index (χ4n) is 2.73. The Morgan fingerprint density at radius 1 is 1.29 bits per heavy atom. The molecule has 1 aliphatic rings. The van der Waals surface area contributed by atoms with Crippen molar-refractivity contribution < 1.29 is 14.3 Å². The van der Waals surface area contributed by atoms with Gasteiger partial charge in [0.05, 0.1) is 19.2 Å². The van der Waals surface area contributed by atoms with Gasteiger partial charge in [0.2, 0.25) is 0 Å². The number of nitrogens with zero attached hydrogens (tertiary/aromatic N) is 2. The minimum Gasteiger partial charge on any atom is -0.383 e. The third-order valence-electron chi connectivity index (χ3n) is 3.91. The minimum atomic E-state index is -0.209. The zero-order valence-electron chi connectivity index (χ0n) is 13.5. The third kappa shape index (κ3) is 3.62. The van der Waals surface area contributed by atoms with Crippen LogP contribution in [0.15, 0.2) is 36.4 Å². The van der Waals surface area contributed by atoms with Gasteiger partial charge in [0.15, 0.2) is 0 Å². The Morgan fingerprint density at radius 2 is 2.08 bits per heavy atom. The molecule has 0 aliphatic carbocycles. The van der Waals surface area contributed by atoms with Crippen molar-refractivity contribution in [3.8, 4) is 0 Å². The molecular formula is C17H20N4O3. The Labute approximate surface area is 140 Å². The van der Waals surface area contributed by atoms with E-state index in [0.29, 0.717) is 37.4 Å². The maximum absolute atomic E-state index is 12.2. The summed E-state index contributed by atoms with van der Waals surface area (Å²) in [5.74, 6) is -0.303. The highest BCUT2D eigenvalue weighted by molar-refractivity contribution is 5.94. The summed E-state index contributed by atoms with van der Waals surface area (Å²) in [6, 6.07) is 10.9. The molecule has 1 atom stereocenters. The Balaban J connectivity index is 1.55. The summed E-state index contributed by atoms with van der Waals surface area (Å²) in [6.07, 6.45) is 0.664. The van der Waals surface area contributed by atoms with Crippen LogP contribution in [0, 0.1) is 0 Å². The van der Waals surface area contributed by atoms with Crippen molar-refractivity contribution in [2.24, 2.45) is 0 Å². The van der Waals surface area contributed by atoms with Crippen LogP contribution in [-0.2, 0) is 17.7 Å². The first-order valence-electron chi connectivity index (χ1n) is 7.87. The molecule has 0 saturated carbocycles. The molecule has 0 bridgehead atoms. The Bertz CT molecular complexity index is 703. The number of methoxy groups -OCH3 is 1. The molecule has 126 valence electrons. The van der Waals surface area contributed by atoms with Gasteiger partial charge in [0, 0.05) is 31.3 Å². The molecule has 2 amide bonds. The second-order valence-electron chi connectivity index (χ2n) is 5.69. The quantitative estimate of drug-likeness (QED) is 0.761. The highest BCUT2D eigenvalue weighted by Crippen LogP contribution is 2.16. The number of benzene rings is 1. The highest BCUT2D eigenvalue weighted by Gasteiger charge is 2.26. The van der Waals surface area contributed by atoms with Gasteiger partial charge in [0.25, 0.3) is 11.8 Å². The van der Waals surface area contributed by atoms with Crippen molar-refractivity contribution in [2.75, 3.05) is 20.3 Å². The van der Waals surface area contributed by atoms with Crippen LogP contribution < -0.4 is 10.6 Å². The Morgan fingerprint density at radius 3 is 2.79 bits per heavy atom. The van der Waals surface area contributed by atoms with Crippen molar-refractivity contribution in [1.82, 2.24) is 20.4 Å². The predicted molar refractivity (Wildman–Crippen MR) is 87.8 cm³/mol. The maximum atomic E-state index is 12.2. The average molecular weight is 328 g/mol. The maximum Gasteiger partial charge on any atom is 0.271 e. The van der Waals surface area contributed by atoms with E-state index in [1.807, 2.05) is 18.2 Å². The van der Waals surface area contributed by atoms with Crippen molar-refractivity contribution in [3.63, 3.8) is 0 Å². The SMILES string of the molecule is COCCNC(=O)c1cc2n(n1)CC(NC(=O)c1ccccc1)C2. The number of hydrogen-bond acceptors (Lipinski definition) is 4. The average Bonchev–Trinajstić information content (AvgIpc) is 3.14. The van der Waals surface area contributed by atoms with Crippen LogP contribution in [0.5, 0.6) is 0 Å². The van der Waals surface area contributed by atoms with Crippen LogP contribution in [0.2, 0.25) is 0 Å². The fraction of sp³-hybridized carbons (Fsp3) is 0.353. The van der Waals surface area contributed by atoms with Crippen LogP contribution in [0.4, 0.5) is 0 Å². The molecule has 1 unspecified atom stereocenters. The highest BCUT2D eigenvalue weighted by atomic mass is 16.5. The molecular weight excluding hydrogens is 308 g/mol. The van der Waals surface area contributed by atoms with Gasteiger partial charge in [-0.1, -0.05) is 18.2 Å². The van der Waals surface area contributed by atoms with Gasteiger partial charge in [-0.05, 0) is 18.2 Å². The summed E-state index contributed by atoms with van der Waals surface area (Å²) in [5, 5.41) is 10.1. The van der Waals surface area contributed by atoms with E-state index in [1.165, 1.54) is 0 Å². The number of ether oxygens (including phenoxy) is 1. The number of aromatic nitrogens is 2. The molecule has 2 N–H and O–H groups in total. The monoisotopic (exact) mass is 328 g/mol. The molecule has 2 aromatic rings. The van der Waals surface area contributed by atoms with E-state index in [-0.39, 0.29) is 17.9 Å². The number of amides is 2. The third-order valence-corrected chi connectivity index (χ3v) is 3.91. The van der Waals surface area contributed by atoms with E-state index in [9.17, 15) is 9.59 Å². The van der Waals surface area contributed by atoms with E-state index in [1.54, 1.807) is 30.0 Å². The molecule has 1 aromatic heterocycles. The van der Waals surface area contributed by atoms with Crippen LogP contribution in [0.3, 0.4) is 0 Å². The summed E-state index contributed by atoms with van der Waals surface area (Å²) in [7, 11) is 1.58. The molecule has 24 heavy (non-hydrogen) atoms. The Kier molecular flexibility index (Phi) is 4.90.